The minimum absolute atomic E-state index is 0.00353. The molecule has 0 unspecified atom stereocenters. The fourth-order valence-electron chi connectivity index (χ4n) is 2.41. The van der Waals surface area contributed by atoms with Crippen molar-refractivity contribution in [3.8, 4) is 0 Å². The van der Waals surface area contributed by atoms with E-state index >= 15 is 0 Å². The molecule has 1 amide bonds. The summed E-state index contributed by atoms with van der Waals surface area (Å²) in [6.45, 7) is 3.75. The number of Topliss-reactive ketones (excluding diaryl/α,β-unsaturated/α-hetero) is 1. The summed E-state index contributed by atoms with van der Waals surface area (Å²) in [7, 11) is 0. The highest BCUT2D eigenvalue weighted by Crippen LogP contribution is 2.16. The van der Waals surface area contributed by atoms with Crippen LogP contribution >= 0.6 is 0 Å². The minimum Gasteiger partial charge on any atom is -0.378 e. The zero-order valence-corrected chi connectivity index (χ0v) is 13.4. The number of morpholine rings is 1. The monoisotopic (exact) mass is 326 g/mol. The number of ether oxygens (including phenoxy) is 1. The highest BCUT2D eigenvalue weighted by molar-refractivity contribution is 5.95. The first kappa shape index (κ1) is 16.1. The number of anilines is 2. The number of carbonyl (C=O) groups excluding carboxylic acids is 2. The Morgan fingerprint density at radius 1 is 1.12 bits per heavy atom. The molecular formula is C17H18N4O3. The fraction of sp³-hybridized carbons (Fsp3) is 0.294. The lowest BCUT2D eigenvalue weighted by Gasteiger charge is -2.26. The van der Waals surface area contributed by atoms with Crippen LogP contribution in [0.3, 0.4) is 0 Å². The van der Waals surface area contributed by atoms with Gasteiger partial charge in [-0.15, -0.1) is 10.2 Å². The number of nitrogens with zero attached hydrogens (tertiary/aromatic N) is 3. The quantitative estimate of drug-likeness (QED) is 0.864. The maximum absolute atomic E-state index is 12.3. The second kappa shape index (κ2) is 7.18. The van der Waals surface area contributed by atoms with Gasteiger partial charge in [0.15, 0.2) is 17.3 Å². The summed E-state index contributed by atoms with van der Waals surface area (Å²) in [4.78, 5) is 25.4. The fourth-order valence-corrected chi connectivity index (χ4v) is 2.41. The first-order valence-electron chi connectivity index (χ1n) is 7.72. The zero-order valence-electron chi connectivity index (χ0n) is 13.4. The van der Waals surface area contributed by atoms with Crippen LogP contribution in [0.1, 0.15) is 27.8 Å². The average Bonchev–Trinajstić information content (AvgIpc) is 2.63. The molecule has 1 fully saturated rings. The average molecular weight is 326 g/mol. The maximum Gasteiger partial charge on any atom is 0.274 e. The third-order valence-electron chi connectivity index (χ3n) is 3.72. The molecule has 0 atom stereocenters. The number of hydrogen-bond acceptors (Lipinski definition) is 6. The van der Waals surface area contributed by atoms with E-state index < -0.39 is 0 Å². The number of amides is 1. The molecule has 0 spiro atoms. The van der Waals surface area contributed by atoms with Crippen LogP contribution in [0.4, 0.5) is 11.5 Å². The van der Waals surface area contributed by atoms with E-state index in [2.05, 4.69) is 15.5 Å². The van der Waals surface area contributed by atoms with E-state index in [0.29, 0.717) is 43.4 Å². The Kier molecular flexibility index (Phi) is 4.81. The number of nitrogens with one attached hydrogen (secondary N) is 1. The van der Waals surface area contributed by atoms with Gasteiger partial charge in [-0.05, 0) is 31.2 Å². The van der Waals surface area contributed by atoms with Gasteiger partial charge in [0, 0.05) is 24.3 Å². The van der Waals surface area contributed by atoms with Crippen LogP contribution in [0.25, 0.3) is 0 Å². The van der Waals surface area contributed by atoms with Crippen molar-refractivity contribution in [3.05, 3.63) is 47.7 Å². The third kappa shape index (κ3) is 3.75. The summed E-state index contributed by atoms with van der Waals surface area (Å²) in [5.41, 5.74) is 1.66. The zero-order chi connectivity index (χ0) is 16.9. The predicted octanol–water partition coefficient (Wildman–Crippen LogP) is 1.90. The van der Waals surface area contributed by atoms with Crippen LogP contribution < -0.4 is 5.32 Å². The Bertz CT molecular complexity index is 740. The van der Waals surface area contributed by atoms with Crippen molar-refractivity contribution in [2.24, 2.45) is 0 Å². The summed E-state index contributed by atoms with van der Waals surface area (Å²) >= 11 is 0. The Hall–Kier alpha value is -2.80. The lowest BCUT2D eigenvalue weighted by atomic mass is 10.1. The third-order valence-corrected chi connectivity index (χ3v) is 3.72. The van der Waals surface area contributed by atoms with Crippen LogP contribution in [0.15, 0.2) is 36.4 Å². The van der Waals surface area contributed by atoms with Crippen molar-refractivity contribution in [1.82, 2.24) is 15.1 Å². The Morgan fingerprint density at radius 2 is 1.92 bits per heavy atom. The van der Waals surface area contributed by atoms with Gasteiger partial charge in [0.2, 0.25) is 0 Å². The molecule has 1 aromatic carbocycles. The normalized spacial score (nSPS) is 14.3. The molecule has 1 aliphatic rings. The lowest BCUT2D eigenvalue weighted by Crippen LogP contribution is -2.41. The Labute approximate surface area is 139 Å². The Morgan fingerprint density at radius 3 is 2.58 bits per heavy atom. The predicted molar refractivity (Wildman–Crippen MR) is 88.5 cm³/mol. The molecular weight excluding hydrogens is 308 g/mol. The van der Waals surface area contributed by atoms with Crippen molar-refractivity contribution in [3.63, 3.8) is 0 Å². The second-order valence-corrected chi connectivity index (χ2v) is 5.47. The van der Waals surface area contributed by atoms with E-state index in [1.54, 1.807) is 35.2 Å². The molecule has 7 heteroatoms. The van der Waals surface area contributed by atoms with Crippen LogP contribution in [0, 0.1) is 0 Å². The molecule has 7 nitrogen and oxygen atoms in total. The molecule has 0 bridgehead atoms. The maximum atomic E-state index is 12.3. The first-order valence-corrected chi connectivity index (χ1v) is 7.72. The van der Waals surface area contributed by atoms with Crippen LogP contribution in [-0.4, -0.2) is 53.1 Å². The summed E-state index contributed by atoms with van der Waals surface area (Å²) in [5, 5.41) is 11.1. The van der Waals surface area contributed by atoms with Gasteiger partial charge >= 0.3 is 0 Å². The molecule has 0 radical (unpaired) electrons. The molecule has 2 aromatic rings. The molecule has 1 aliphatic heterocycles. The summed E-state index contributed by atoms with van der Waals surface area (Å²) in [5.74, 6) is 0.362. The molecule has 1 aromatic heterocycles. The molecule has 1 N–H and O–H groups in total. The van der Waals surface area contributed by atoms with Crippen molar-refractivity contribution >= 4 is 23.2 Å². The standard InChI is InChI=1S/C17H18N4O3/c1-12(22)13-3-2-4-14(11-13)18-16-6-5-15(19-20-16)17(23)21-7-9-24-10-8-21/h2-6,11H,7-10H2,1H3,(H,18,20). The van der Waals surface area contributed by atoms with E-state index in [0.717, 1.165) is 5.69 Å². The number of carbonyl (C=O) groups is 2. The van der Waals surface area contributed by atoms with Crippen molar-refractivity contribution in [1.29, 1.82) is 0 Å². The Balaban J connectivity index is 1.69. The SMILES string of the molecule is CC(=O)c1cccc(Nc2ccc(C(=O)N3CCOCC3)nn2)c1. The van der Waals surface area contributed by atoms with Crippen LogP contribution in [0.5, 0.6) is 0 Å². The van der Waals surface area contributed by atoms with Gasteiger partial charge in [-0.2, -0.15) is 0 Å². The smallest absolute Gasteiger partial charge is 0.274 e. The summed E-state index contributed by atoms with van der Waals surface area (Å²) in [6.07, 6.45) is 0. The number of benzene rings is 1. The van der Waals surface area contributed by atoms with Gasteiger partial charge in [0.05, 0.1) is 13.2 Å². The highest BCUT2D eigenvalue weighted by atomic mass is 16.5. The van der Waals surface area contributed by atoms with Crippen LogP contribution in [-0.2, 0) is 4.74 Å². The largest absolute Gasteiger partial charge is 0.378 e. The van der Waals surface area contributed by atoms with E-state index in [-0.39, 0.29) is 11.7 Å². The van der Waals surface area contributed by atoms with Crippen molar-refractivity contribution in [2.75, 3.05) is 31.6 Å². The first-order chi connectivity index (χ1) is 11.6. The van der Waals surface area contributed by atoms with E-state index in [1.807, 2.05) is 6.07 Å². The van der Waals surface area contributed by atoms with Gasteiger partial charge in [0.25, 0.3) is 5.91 Å². The van der Waals surface area contributed by atoms with Gasteiger partial charge in [0.1, 0.15) is 0 Å². The van der Waals surface area contributed by atoms with E-state index in [1.165, 1.54) is 6.92 Å². The van der Waals surface area contributed by atoms with Gasteiger partial charge in [-0.25, -0.2) is 0 Å². The van der Waals surface area contributed by atoms with Crippen LogP contribution in [0.2, 0.25) is 0 Å². The number of aromatic nitrogens is 2. The van der Waals surface area contributed by atoms with Gasteiger partial charge < -0.3 is 15.0 Å². The van der Waals surface area contributed by atoms with E-state index in [9.17, 15) is 9.59 Å². The van der Waals surface area contributed by atoms with Gasteiger partial charge in [-0.1, -0.05) is 12.1 Å². The molecule has 0 aliphatic carbocycles. The molecule has 2 heterocycles. The molecule has 124 valence electrons. The second-order valence-electron chi connectivity index (χ2n) is 5.47. The molecule has 0 saturated carbocycles. The minimum atomic E-state index is -0.143. The van der Waals surface area contributed by atoms with Crippen molar-refractivity contribution in [2.45, 2.75) is 6.92 Å². The topological polar surface area (TPSA) is 84.4 Å². The molecule has 3 rings (SSSR count). The van der Waals surface area contributed by atoms with Gasteiger partial charge in [-0.3, -0.25) is 9.59 Å². The number of hydrogen-bond donors (Lipinski definition) is 1. The van der Waals surface area contributed by atoms with Crippen molar-refractivity contribution < 1.29 is 14.3 Å². The molecule has 24 heavy (non-hydrogen) atoms. The van der Waals surface area contributed by atoms with E-state index in [4.69, 9.17) is 4.74 Å². The summed E-state index contributed by atoms with van der Waals surface area (Å²) < 4.78 is 5.23. The highest BCUT2D eigenvalue weighted by Gasteiger charge is 2.19. The molecule has 1 saturated heterocycles. The summed E-state index contributed by atoms with van der Waals surface area (Å²) in [6, 6.07) is 10.5. The lowest BCUT2D eigenvalue weighted by molar-refractivity contribution is 0.0298. The number of rotatable bonds is 4. The number of ketones is 1.